The van der Waals surface area contributed by atoms with E-state index in [1.165, 1.54) is 0 Å². The zero-order valence-electron chi connectivity index (χ0n) is 10.7. The second-order valence-electron chi connectivity index (χ2n) is 4.67. The number of carbonyl (C=O) groups excluding carboxylic acids is 1. The van der Waals surface area contributed by atoms with Gasteiger partial charge < -0.3 is 15.0 Å². The van der Waals surface area contributed by atoms with Crippen molar-refractivity contribution in [3.05, 3.63) is 22.4 Å². The summed E-state index contributed by atoms with van der Waals surface area (Å²) < 4.78 is 5.08. The van der Waals surface area contributed by atoms with Gasteiger partial charge in [0.25, 0.3) is 5.91 Å². The van der Waals surface area contributed by atoms with Gasteiger partial charge in [-0.1, -0.05) is 0 Å². The summed E-state index contributed by atoms with van der Waals surface area (Å²) in [4.78, 5) is 14.2. The number of methoxy groups -OCH3 is 1. The lowest BCUT2D eigenvalue weighted by Crippen LogP contribution is -2.31. The standard InChI is InChI=1S/C13H20N2O2S/c1-17-6-5-15-4-2-11(9-15)8-14-13(16)12-3-7-18-10-12/h3,7,10-11H,2,4-6,8-9H2,1H3,(H,14,16). The minimum atomic E-state index is 0.0478. The van der Waals surface area contributed by atoms with Crippen LogP contribution in [0.1, 0.15) is 16.8 Å². The molecule has 1 N–H and O–H groups in total. The molecular weight excluding hydrogens is 248 g/mol. The fraction of sp³-hybridized carbons (Fsp3) is 0.615. The SMILES string of the molecule is COCCN1CCC(CNC(=O)c2ccsc2)C1. The molecule has 1 aromatic heterocycles. The van der Waals surface area contributed by atoms with E-state index in [2.05, 4.69) is 10.2 Å². The van der Waals surface area contributed by atoms with Gasteiger partial charge in [0.05, 0.1) is 6.61 Å². The Morgan fingerprint density at radius 1 is 1.67 bits per heavy atom. The maximum atomic E-state index is 11.8. The number of amides is 1. The molecule has 0 spiro atoms. The number of nitrogens with one attached hydrogen (secondary N) is 1. The molecule has 18 heavy (non-hydrogen) atoms. The first-order chi connectivity index (χ1) is 8.79. The van der Waals surface area contributed by atoms with E-state index in [0.29, 0.717) is 5.92 Å². The van der Waals surface area contributed by atoms with Crippen molar-refractivity contribution in [1.82, 2.24) is 10.2 Å². The van der Waals surface area contributed by atoms with E-state index in [9.17, 15) is 4.79 Å². The number of nitrogens with zero attached hydrogens (tertiary/aromatic N) is 1. The molecule has 100 valence electrons. The molecule has 1 aliphatic rings. The fourth-order valence-corrected chi connectivity index (χ4v) is 2.87. The third-order valence-electron chi connectivity index (χ3n) is 3.32. The molecule has 5 heteroatoms. The van der Waals surface area contributed by atoms with E-state index >= 15 is 0 Å². The normalized spacial score (nSPS) is 20.2. The van der Waals surface area contributed by atoms with Gasteiger partial charge in [0.2, 0.25) is 0 Å². The Morgan fingerprint density at radius 3 is 3.28 bits per heavy atom. The van der Waals surface area contributed by atoms with Gasteiger partial charge >= 0.3 is 0 Å². The molecule has 4 nitrogen and oxygen atoms in total. The Kier molecular flexibility index (Phi) is 5.16. The van der Waals surface area contributed by atoms with Crippen LogP contribution >= 0.6 is 11.3 Å². The van der Waals surface area contributed by atoms with Crippen LogP contribution in [0.5, 0.6) is 0 Å². The van der Waals surface area contributed by atoms with Crippen LogP contribution in [0, 0.1) is 5.92 Å². The molecule has 0 bridgehead atoms. The number of hydrogen-bond acceptors (Lipinski definition) is 4. The van der Waals surface area contributed by atoms with Crippen LogP contribution in [0.3, 0.4) is 0 Å². The van der Waals surface area contributed by atoms with E-state index in [4.69, 9.17) is 4.74 Å². The Balaban J connectivity index is 1.67. The lowest BCUT2D eigenvalue weighted by atomic mass is 10.1. The van der Waals surface area contributed by atoms with Gasteiger partial charge in [-0.05, 0) is 30.3 Å². The molecule has 1 unspecified atom stereocenters. The number of hydrogen-bond donors (Lipinski definition) is 1. The van der Waals surface area contributed by atoms with Crippen molar-refractivity contribution in [2.75, 3.05) is 39.9 Å². The summed E-state index contributed by atoms with van der Waals surface area (Å²) >= 11 is 1.55. The van der Waals surface area contributed by atoms with Crippen LogP contribution in [-0.4, -0.2) is 50.7 Å². The Bertz CT molecular complexity index is 367. The predicted molar refractivity (Wildman–Crippen MR) is 73.1 cm³/mol. The van der Waals surface area contributed by atoms with Crippen molar-refractivity contribution >= 4 is 17.2 Å². The first-order valence-corrected chi connectivity index (χ1v) is 7.25. The van der Waals surface area contributed by atoms with Crippen LogP contribution in [0.2, 0.25) is 0 Å². The summed E-state index contributed by atoms with van der Waals surface area (Å²) in [6.45, 7) is 4.73. The summed E-state index contributed by atoms with van der Waals surface area (Å²) in [6, 6.07) is 1.86. The van der Waals surface area contributed by atoms with Crippen molar-refractivity contribution in [3.63, 3.8) is 0 Å². The lowest BCUT2D eigenvalue weighted by Gasteiger charge is -2.15. The molecular formula is C13H20N2O2S. The topological polar surface area (TPSA) is 41.6 Å². The van der Waals surface area contributed by atoms with Crippen LogP contribution in [0.15, 0.2) is 16.8 Å². The fourth-order valence-electron chi connectivity index (χ4n) is 2.24. The van der Waals surface area contributed by atoms with E-state index in [1.54, 1.807) is 18.4 Å². The molecule has 0 saturated carbocycles. The van der Waals surface area contributed by atoms with Crippen LogP contribution < -0.4 is 5.32 Å². The smallest absolute Gasteiger partial charge is 0.252 e. The highest BCUT2D eigenvalue weighted by atomic mass is 32.1. The largest absolute Gasteiger partial charge is 0.383 e. The van der Waals surface area contributed by atoms with Crippen LogP contribution in [0.25, 0.3) is 0 Å². The summed E-state index contributed by atoms with van der Waals surface area (Å²) in [5.41, 5.74) is 0.772. The van der Waals surface area contributed by atoms with Gasteiger partial charge in [-0.15, -0.1) is 0 Å². The quantitative estimate of drug-likeness (QED) is 0.849. The van der Waals surface area contributed by atoms with Crippen molar-refractivity contribution in [3.8, 4) is 0 Å². The van der Waals surface area contributed by atoms with Gasteiger partial charge in [-0.25, -0.2) is 0 Å². The molecule has 2 heterocycles. The van der Waals surface area contributed by atoms with Crippen molar-refractivity contribution in [1.29, 1.82) is 0 Å². The minimum absolute atomic E-state index is 0.0478. The number of ether oxygens (including phenoxy) is 1. The second-order valence-corrected chi connectivity index (χ2v) is 5.45. The lowest BCUT2D eigenvalue weighted by molar-refractivity contribution is 0.0947. The monoisotopic (exact) mass is 268 g/mol. The third kappa shape index (κ3) is 3.80. The first-order valence-electron chi connectivity index (χ1n) is 6.31. The summed E-state index contributed by atoms with van der Waals surface area (Å²) in [5, 5.41) is 6.82. The van der Waals surface area contributed by atoms with Gasteiger partial charge in [0.1, 0.15) is 0 Å². The molecule has 0 radical (unpaired) electrons. The number of rotatable bonds is 6. The van der Waals surface area contributed by atoms with Crippen molar-refractivity contribution in [2.45, 2.75) is 6.42 Å². The summed E-state index contributed by atoms with van der Waals surface area (Å²) in [5.74, 6) is 0.621. The van der Waals surface area contributed by atoms with Crippen molar-refractivity contribution < 1.29 is 9.53 Å². The molecule has 1 aromatic rings. The molecule has 1 aliphatic heterocycles. The molecule has 1 fully saturated rings. The zero-order valence-corrected chi connectivity index (χ0v) is 11.5. The number of likely N-dealkylation sites (tertiary alicyclic amines) is 1. The minimum Gasteiger partial charge on any atom is -0.383 e. The van der Waals surface area contributed by atoms with E-state index < -0.39 is 0 Å². The Morgan fingerprint density at radius 2 is 2.56 bits per heavy atom. The highest BCUT2D eigenvalue weighted by Gasteiger charge is 2.22. The first kappa shape index (κ1) is 13.5. The van der Waals surface area contributed by atoms with Crippen molar-refractivity contribution in [2.24, 2.45) is 5.92 Å². The maximum absolute atomic E-state index is 11.8. The molecule has 1 amide bonds. The van der Waals surface area contributed by atoms with Gasteiger partial charge in [0, 0.05) is 37.7 Å². The second kappa shape index (κ2) is 6.87. The van der Waals surface area contributed by atoms with Gasteiger partial charge in [-0.3, -0.25) is 4.79 Å². The molecule has 1 saturated heterocycles. The Hall–Kier alpha value is -0.910. The average molecular weight is 268 g/mol. The number of thiophene rings is 1. The van der Waals surface area contributed by atoms with Gasteiger partial charge in [-0.2, -0.15) is 11.3 Å². The molecule has 1 atom stereocenters. The van der Waals surface area contributed by atoms with E-state index in [1.807, 2.05) is 16.8 Å². The maximum Gasteiger partial charge on any atom is 0.252 e. The Labute approximate surface area is 112 Å². The molecule has 0 aromatic carbocycles. The van der Waals surface area contributed by atoms with Gasteiger partial charge in [0.15, 0.2) is 0 Å². The highest BCUT2D eigenvalue weighted by Crippen LogP contribution is 2.15. The van der Waals surface area contributed by atoms with E-state index in [0.717, 1.165) is 44.8 Å². The molecule has 0 aliphatic carbocycles. The summed E-state index contributed by atoms with van der Waals surface area (Å²) in [6.07, 6.45) is 1.16. The third-order valence-corrected chi connectivity index (χ3v) is 4.00. The average Bonchev–Trinajstić information content (AvgIpc) is 3.04. The predicted octanol–water partition coefficient (Wildman–Crippen LogP) is 1.45. The summed E-state index contributed by atoms with van der Waals surface area (Å²) in [7, 11) is 1.73. The van der Waals surface area contributed by atoms with Crippen LogP contribution in [0.4, 0.5) is 0 Å². The molecule has 2 rings (SSSR count). The number of carbonyl (C=O) groups is 1. The van der Waals surface area contributed by atoms with E-state index in [-0.39, 0.29) is 5.91 Å². The highest BCUT2D eigenvalue weighted by molar-refractivity contribution is 7.08. The van der Waals surface area contributed by atoms with Crippen LogP contribution in [-0.2, 0) is 4.74 Å². The zero-order chi connectivity index (χ0) is 12.8.